The van der Waals surface area contributed by atoms with Crippen molar-refractivity contribution in [3.05, 3.63) is 0 Å². The zero-order chi connectivity index (χ0) is 15.3. The summed E-state index contributed by atoms with van der Waals surface area (Å²) in [6.45, 7) is 8.00. The Morgan fingerprint density at radius 3 is 2.48 bits per heavy atom. The van der Waals surface area contributed by atoms with Crippen LogP contribution in [-0.2, 0) is 9.53 Å². The standard InChI is InChI=1S/C15H32N4O2/c1-21-13-5-7-17-15(20)14-19-11-9-18(10-12-19)8-4-2-3-6-16/h2-14,16H2,1H3,(H,17,20). The maximum atomic E-state index is 11.8. The Morgan fingerprint density at radius 1 is 1.10 bits per heavy atom. The zero-order valence-electron chi connectivity index (χ0n) is 13.5. The number of methoxy groups -OCH3 is 1. The number of carbonyl (C=O) groups is 1. The molecule has 1 rings (SSSR count). The van der Waals surface area contributed by atoms with Gasteiger partial charge in [-0.05, 0) is 32.4 Å². The molecule has 0 aromatic heterocycles. The molecule has 1 aliphatic rings. The monoisotopic (exact) mass is 300 g/mol. The van der Waals surface area contributed by atoms with E-state index >= 15 is 0 Å². The minimum Gasteiger partial charge on any atom is -0.385 e. The second-order valence-corrected chi connectivity index (χ2v) is 5.66. The van der Waals surface area contributed by atoms with Crippen LogP contribution in [0.2, 0.25) is 0 Å². The lowest BCUT2D eigenvalue weighted by atomic mass is 10.2. The van der Waals surface area contributed by atoms with Crippen LogP contribution < -0.4 is 11.1 Å². The fraction of sp³-hybridized carbons (Fsp3) is 0.933. The van der Waals surface area contributed by atoms with Gasteiger partial charge in [-0.15, -0.1) is 0 Å². The molecule has 1 fully saturated rings. The van der Waals surface area contributed by atoms with E-state index in [9.17, 15) is 4.79 Å². The molecule has 0 aromatic rings. The van der Waals surface area contributed by atoms with Gasteiger partial charge < -0.3 is 20.7 Å². The van der Waals surface area contributed by atoms with Crippen molar-refractivity contribution in [1.29, 1.82) is 0 Å². The molecule has 1 amide bonds. The molecule has 0 aliphatic carbocycles. The topological polar surface area (TPSA) is 70.8 Å². The van der Waals surface area contributed by atoms with E-state index < -0.39 is 0 Å². The summed E-state index contributed by atoms with van der Waals surface area (Å²) in [7, 11) is 1.68. The van der Waals surface area contributed by atoms with Crippen molar-refractivity contribution >= 4 is 5.91 Å². The highest BCUT2D eigenvalue weighted by Crippen LogP contribution is 2.04. The molecule has 0 saturated carbocycles. The minimum atomic E-state index is 0.127. The van der Waals surface area contributed by atoms with Gasteiger partial charge in [0.05, 0.1) is 6.54 Å². The van der Waals surface area contributed by atoms with Gasteiger partial charge in [-0.2, -0.15) is 0 Å². The highest BCUT2D eigenvalue weighted by molar-refractivity contribution is 5.77. The third-order valence-corrected chi connectivity index (χ3v) is 3.86. The highest BCUT2D eigenvalue weighted by Gasteiger charge is 2.18. The number of unbranched alkanes of at least 4 members (excludes halogenated alkanes) is 2. The Labute approximate surface area is 129 Å². The summed E-state index contributed by atoms with van der Waals surface area (Å²) in [6.07, 6.45) is 4.46. The summed E-state index contributed by atoms with van der Waals surface area (Å²) in [6, 6.07) is 0. The number of piperazine rings is 1. The number of amides is 1. The van der Waals surface area contributed by atoms with Gasteiger partial charge in [0, 0.05) is 46.4 Å². The van der Waals surface area contributed by atoms with E-state index in [0.29, 0.717) is 19.7 Å². The van der Waals surface area contributed by atoms with Crippen LogP contribution in [0, 0.1) is 0 Å². The second-order valence-electron chi connectivity index (χ2n) is 5.66. The number of nitrogens with zero attached hydrogens (tertiary/aromatic N) is 2. The molecule has 124 valence electrons. The van der Waals surface area contributed by atoms with E-state index in [4.69, 9.17) is 10.5 Å². The largest absolute Gasteiger partial charge is 0.385 e. The lowest BCUT2D eigenvalue weighted by Crippen LogP contribution is -2.49. The smallest absolute Gasteiger partial charge is 0.234 e. The molecular weight excluding hydrogens is 268 g/mol. The Morgan fingerprint density at radius 2 is 1.81 bits per heavy atom. The molecular formula is C15H32N4O2. The highest BCUT2D eigenvalue weighted by atomic mass is 16.5. The van der Waals surface area contributed by atoms with Crippen molar-refractivity contribution < 1.29 is 9.53 Å². The lowest BCUT2D eigenvalue weighted by Gasteiger charge is -2.34. The van der Waals surface area contributed by atoms with E-state index in [1.807, 2.05) is 0 Å². The predicted octanol–water partition coefficient (Wildman–Crippen LogP) is -0.114. The van der Waals surface area contributed by atoms with Gasteiger partial charge in [0.2, 0.25) is 5.91 Å². The van der Waals surface area contributed by atoms with E-state index in [-0.39, 0.29) is 5.91 Å². The lowest BCUT2D eigenvalue weighted by molar-refractivity contribution is -0.122. The van der Waals surface area contributed by atoms with Crippen molar-refractivity contribution in [3.8, 4) is 0 Å². The summed E-state index contributed by atoms with van der Waals surface area (Å²) in [5.41, 5.74) is 5.50. The van der Waals surface area contributed by atoms with E-state index in [1.54, 1.807) is 7.11 Å². The van der Waals surface area contributed by atoms with Gasteiger partial charge in [-0.1, -0.05) is 6.42 Å². The Balaban J connectivity index is 2.03. The maximum absolute atomic E-state index is 11.8. The SMILES string of the molecule is COCCCNC(=O)CN1CCN(CCCCCN)CC1. The maximum Gasteiger partial charge on any atom is 0.234 e. The molecule has 0 bridgehead atoms. The Bertz CT molecular complexity index is 268. The molecule has 3 N–H and O–H groups in total. The minimum absolute atomic E-state index is 0.127. The molecule has 0 aromatic carbocycles. The molecule has 1 aliphatic heterocycles. The number of rotatable bonds is 11. The van der Waals surface area contributed by atoms with Crippen molar-refractivity contribution in [2.75, 3.05) is 66.1 Å². The molecule has 0 atom stereocenters. The number of hydrogen-bond donors (Lipinski definition) is 2. The second kappa shape index (κ2) is 11.9. The molecule has 0 spiro atoms. The summed E-state index contributed by atoms with van der Waals surface area (Å²) in [5, 5.41) is 2.94. The number of carbonyl (C=O) groups excluding carboxylic acids is 1. The van der Waals surface area contributed by atoms with Gasteiger partial charge in [0.25, 0.3) is 0 Å². The van der Waals surface area contributed by atoms with Crippen LogP contribution in [0.5, 0.6) is 0 Å². The predicted molar refractivity (Wildman–Crippen MR) is 85.3 cm³/mol. The van der Waals surface area contributed by atoms with Gasteiger partial charge in [0.15, 0.2) is 0 Å². The van der Waals surface area contributed by atoms with E-state index in [2.05, 4.69) is 15.1 Å². The molecule has 6 heteroatoms. The van der Waals surface area contributed by atoms with Crippen molar-refractivity contribution in [3.63, 3.8) is 0 Å². The van der Waals surface area contributed by atoms with Crippen molar-refractivity contribution in [2.24, 2.45) is 5.73 Å². The van der Waals surface area contributed by atoms with Crippen LogP contribution in [0.25, 0.3) is 0 Å². The average molecular weight is 300 g/mol. The van der Waals surface area contributed by atoms with Gasteiger partial charge in [0.1, 0.15) is 0 Å². The number of hydrogen-bond acceptors (Lipinski definition) is 5. The fourth-order valence-electron chi connectivity index (χ4n) is 2.53. The van der Waals surface area contributed by atoms with Crippen LogP contribution >= 0.6 is 0 Å². The molecule has 1 saturated heterocycles. The molecule has 21 heavy (non-hydrogen) atoms. The van der Waals surface area contributed by atoms with Crippen LogP contribution in [-0.4, -0.2) is 81.8 Å². The number of ether oxygens (including phenoxy) is 1. The zero-order valence-corrected chi connectivity index (χ0v) is 13.5. The van der Waals surface area contributed by atoms with Crippen LogP contribution in [0.4, 0.5) is 0 Å². The molecule has 1 heterocycles. The first-order valence-corrected chi connectivity index (χ1v) is 8.16. The average Bonchev–Trinajstić information content (AvgIpc) is 2.50. The quantitative estimate of drug-likeness (QED) is 0.521. The summed E-state index contributed by atoms with van der Waals surface area (Å²) in [5.74, 6) is 0.127. The molecule has 0 radical (unpaired) electrons. The van der Waals surface area contributed by atoms with E-state index in [0.717, 1.165) is 52.1 Å². The normalized spacial score (nSPS) is 17.0. The third-order valence-electron chi connectivity index (χ3n) is 3.86. The fourth-order valence-corrected chi connectivity index (χ4v) is 2.53. The van der Waals surface area contributed by atoms with Gasteiger partial charge >= 0.3 is 0 Å². The third kappa shape index (κ3) is 9.03. The molecule has 6 nitrogen and oxygen atoms in total. The van der Waals surface area contributed by atoms with E-state index in [1.165, 1.54) is 12.8 Å². The first kappa shape index (κ1) is 18.4. The summed E-state index contributed by atoms with van der Waals surface area (Å²) >= 11 is 0. The van der Waals surface area contributed by atoms with Gasteiger partial charge in [-0.25, -0.2) is 0 Å². The van der Waals surface area contributed by atoms with Crippen molar-refractivity contribution in [2.45, 2.75) is 25.7 Å². The van der Waals surface area contributed by atoms with Crippen LogP contribution in [0.15, 0.2) is 0 Å². The first-order valence-electron chi connectivity index (χ1n) is 8.16. The Hall–Kier alpha value is -0.690. The number of nitrogens with one attached hydrogen (secondary N) is 1. The van der Waals surface area contributed by atoms with Crippen LogP contribution in [0.3, 0.4) is 0 Å². The van der Waals surface area contributed by atoms with Crippen molar-refractivity contribution in [1.82, 2.24) is 15.1 Å². The summed E-state index contributed by atoms with van der Waals surface area (Å²) < 4.78 is 4.96. The molecule has 0 unspecified atom stereocenters. The van der Waals surface area contributed by atoms with Crippen LogP contribution in [0.1, 0.15) is 25.7 Å². The Kier molecular flexibility index (Phi) is 10.4. The number of nitrogens with two attached hydrogens (primary N) is 1. The first-order chi connectivity index (χ1) is 10.3. The van der Waals surface area contributed by atoms with Gasteiger partial charge in [-0.3, -0.25) is 9.69 Å². The summed E-state index contributed by atoms with van der Waals surface area (Å²) in [4.78, 5) is 16.5.